The summed E-state index contributed by atoms with van der Waals surface area (Å²) in [6.45, 7) is 4.78. The van der Waals surface area contributed by atoms with Gasteiger partial charge in [-0.05, 0) is 124 Å². The van der Waals surface area contributed by atoms with Gasteiger partial charge in [-0.2, -0.15) is 0 Å². The minimum absolute atomic E-state index is 0.517. The predicted molar refractivity (Wildman–Crippen MR) is 131 cm³/mol. The van der Waals surface area contributed by atoms with Crippen molar-refractivity contribution in [3.05, 3.63) is 0 Å². The van der Waals surface area contributed by atoms with Gasteiger partial charge in [-0.3, -0.25) is 0 Å². The van der Waals surface area contributed by atoms with Gasteiger partial charge in [0.2, 0.25) is 0 Å². The van der Waals surface area contributed by atoms with Crippen LogP contribution >= 0.6 is 0 Å². The van der Waals surface area contributed by atoms with Crippen molar-refractivity contribution >= 4 is 0 Å². The van der Waals surface area contributed by atoms with Crippen LogP contribution in [0.25, 0.3) is 0 Å². The fourth-order valence-corrected chi connectivity index (χ4v) is 11.9. The lowest BCUT2D eigenvalue weighted by atomic mass is 9.40. The van der Waals surface area contributed by atoms with Crippen LogP contribution in [0, 0.1) is 34.5 Å². The molecule has 8 saturated carbocycles. The zero-order valence-corrected chi connectivity index (χ0v) is 21.0. The maximum Gasteiger partial charge on any atom is 0.0199 e. The Bertz CT molecular complexity index is 602. The molecule has 0 aromatic heterocycles. The number of nitrogens with one attached hydrogen (secondary N) is 1. The number of hydrogen-bond acceptors (Lipinski definition) is 1. The van der Waals surface area contributed by atoms with E-state index in [0.29, 0.717) is 21.9 Å². The molecule has 176 valence electrons. The van der Waals surface area contributed by atoms with E-state index in [2.05, 4.69) is 13.8 Å². The molecule has 0 saturated heterocycles. The third kappa shape index (κ3) is 3.85. The van der Waals surface area contributed by atoms with E-state index in [-0.39, 0.29) is 0 Å². The molecule has 2 atom stereocenters. The van der Waals surface area contributed by atoms with Crippen LogP contribution < -0.4 is 5.32 Å². The second kappa shape index (κ2) is 7.74. The predicted octanol–water partition coefficient (Wildman–Crippen LogP) is 8.41. The Labute approximate surface area is 193 Å². The Kier molecular flexibility index (Phi) is 5.37. The zero-order valence-electron chi connectivity index (χ0n) is 21.0. The summed E-state index contributed by atoms with van der Waals surface area (Å²) in [5.41, 5.74) is 2.48. The lowest BCUT2D eigenvalue weighted by Crippen LogP contribution is -2.71. The maximum atomic E-state index is 4.70. The van der Waals surface area contributed by atoms with Gasteiger partial charge in [-0.25, -0.2) is 0 Å². The molecule has 1 nitrogen and oxygen atoms in total. The summed E-state index contributed by atoms with van der Waals surface area (Å²) in [6, 6.07) is 0. The van der Waals surface area contributed by atoms with Crippen LogP contribution in [0.3, 0.4) is 0 Å². The average Bonchev–Trinajstić information content (AvgIpc) is 2.65. The Morgan fingerprint density at radius 2 is 1.03 bits per heavy atom. The van der Waals surface area contributed by atoms with Gasteiger partial charge >= 0.3 is 0 Å². The molecular formula is C30H51N. The lowest BCUT2D eigenvalue weighted by Gasteiger charge is -2.70. The van der Waals surface area contributed by atoms with Gasteiger partial charge in [0.1, 0.15) is 0 Å². The van der Waals surface area contributed by atoms with Crippen molar-refractivity contribution in [1.82, 2.24) is 5.32 Å². The molecule has 0 radical (unpaired) electrons. The molecule has 1 heteroatoms. The highest BCUT2D eigenvalue weighted by molar-refractivity contribution is 5.19. The Morgan fingerprint density at radius 3 is 1.52 bits per heavy atom. The summed E-state index contributed by atoms with van der Waals surface area (Å²) in [5.74, 6) is 4.26. The van der Waals surface area contributed by atoms with Crippen molar-refractivity contribution in [1.29, 1.82) is 0 Å². The second-order valence-electron chi connectivity index (χ2n) is 14.5. The van der Waals surface area contributed by atoms with E-state index < -0.39 is 0 Å². The minimum Gasteiger partial charge on any atom is -0.306 e. The van der Waals surface area contributed by atoms with Gasteiger partial charge < -0.3 is 5.32 Å². The van der Waals surface area contributed by atoms with E-state index in [1.807, 2.05) is 0 Å². The van der Waals surface area contributed by atoms with Crippen LogP contribution in [0.2, 0.25) is 0 Å². The molecule has 0 amide bonds. The summed E-state index contributed by atoms with van der Waals surface area (Å²) >= 11 is 0. The molecule has 0 aliphatic heterocycles. The van der Waals surface area contributed by atoms with Crippen LogP contribution in [0.1, 0.15) is 142 Å². The highest BCUT2D eigenvalue weighted by Gasteiger charge is 2.64. The lowest BCUT2D eigenvalue weighted by molar-refractivity contribution is -0.158. The largest absolute Gasteiger partial charge is 0.306 e. The smallest absolute Gasteiger partial charge is 0.0199 e. The topological polar surface area (TPSA) is 12.0 Å². The summed E-state index contributed by atoms with van der Waals surface area (Å²) in [5, 5.41) is 4.70. The van der Waals surface area contributed by atoms with Gasteiger partial charge in [0.05, 0.1) is 0 Å². The molecule has 2 unspecified atom stereocenters. The van der Waals surface area contributed by atoms with E-state index in [9.17, 15) is 0 Å². The molecule has 0 spiro atoms. The standard InChI is InChI=1S/C30H51N/c1-3-5-7-9-27-14-26-15-28(20-27,10-8-6-4-2)22-30(19-26,21-27)31-29-16-23-11-24(17-29)13-25(12-23)18-29/h23-26,31H,3-22H2,1-2H3. The molecule has 1 N–H and O–H groups in total. The van der Waals surface area contributed by atoms with Gasteiger partial charge in [-0.15, -0.1) is 0 Å². The first-order valence-corrected chi connectivity index (χ1v) is 14.8. The normalized spacial score (nSPS) is 51.7. The van der Waals surface area contributed by atoms with Crippen LogP contribution in [-0.4, -0.2) is 11.1 Å². The fraction of sp³-hybridized carbons (Fsp3) is 1.00. The summed E-state index contributed by atoms with van der Waals surface area (Å²) in [6.07, 6.45) is 30.6. The fourth-order valence-electron chi connectivity index (χ4n) is 11.9. The Morgan fingerprint density at radius 1 is 0.548 bits per heavy atom. The quantitative estimate of drug-likeness (QED) is 0.346. The third-order valence-electron chi connectivity index (χ3n) is 11.5. The first-order valence-electron chi connectivity index (χ1n) is 14.8. The summed E-state index contributed by atoms with van der Waals surface area (Å²) in [4.78, 5) is 0. The van der Waals surface area contributed by atoms with Crippen LogP contribution in [-0.2, 0) is 0 Å². The molecule has 8 aliphatic rings. The molecule has 8 fully saturated rings. The van der Waals surface area contributed by atoms with Crippen molar-refractivity contribution in [3.63, 3.8) is 0 Å². The van der Waals surface area contributed by atoms with Crippen LogP contribution in [0.15, 0.2) is 0 Å². The molecule has 8 rings (SSSR count). The number of rotatable bonds is 10. The second-order valence-corrected chi connectivity index (χ2v) is 14.5. The first kappa shape index (κ1) is 21.5. The molecule has 0 aromatic carbocycles. The summed E-state index contributed by atoms with van der Waals surface area (Å²) in [7, 11) is 0. The highest BCUT2D eigenvalue weighted by Crippen LogP contribution is 2.70. The van der Waals surface area contributed by atoms with Gasteiger partial charge in [0.15, 0.2) is 0 Å². The Hall–Kier alpha value is -0.0400. The molecule has 31 heavy (non-hydrogen) atoms. The van der Waals surface area contributed by atoms with Gasteiger partial charge in [0.25, 0.3) is 0 Å². The Balaban J connectivity index is 1.27. The highest BCUT2D eigenvalue weighted by atomic mass is 15.1. The van der Waals surface area contributed by atoms with Crippen molar-refractivity contribution in [3.8, 4) is 0 Å². The average molecular weight is 426 g/mol. The van der Waals surface area contributed by atoms with Crippen molar-refractivity contribution < 1.29 is 0 Å². The van der Waals surface area contributed by atoms with E-state index in [4.69, 9.17) is 5.32 Å². The van der Waals surface area contributed by atoms with E-state index in [1.54, 1.807) is 70.6 Å². The first-order chi connectivity index (χ1) is 15.0. The van der Waals surface area contributed by atoms with Crippen LogP contribution in [0.5, 0.6) is 0 Å². The van der Waals surface area contributed by atoms with Gasteiger partial charge in [0, 0.05) is 11.1 Å². The number of unbranched alkanes of at least 4 members (excludes halogenated alkanes) is 4. The zero-order chi connectivity index (χ0) is 21.2. The summed E-state index contributed by atoms with van der Waals surface area (Å²) < 4.78 is 0. The van der Waals surface area contributed by atoms with Crippen molar-refractivity contribution in [2.75, 3.05) is 0 Å². The van der Waals surface area contributed by atoms with E-state index in [1.165, 1.54) is 57.8 Å². The minimum atomic E-state index is 0.517. The molecule has 0 heterocycles. The van der Waals surface area contributed by atoms with Crippen LogP contribution in [0.4, 0.5) is 0 Å². The van der Waals surface area contributed by atoms with Crippen molar-refractivity contribution in [2.45, 2.75) is 153 Å². The molecule has 8 bridgehead atoms. The molecule has 0 aromatic rings. The number of hydrogen-bond donors (Lipinski definition) is 1. The van der Waals surface area contributed by atoms with Crippen molar-refractivity contribution in [2.24, 2.45) is 34.5 Å². The monoisotopic (exact) mass is 425 g/mol. The van der Waals surface area contributed by atoms with Gasteiger partial charge in [-0.1, -0.05) is 52.4 Å². The SMILES string of the molecule is CCCCCC12CC3CC(CCCCC)(C1)CC(NC14CC5CC(CC(C5)C1)C4)(C3)C2. The maximum absolute atomic E-state index is 4.70. The third-order valence-corrected chi connectivity index (χ3v) is 11.5. The van der Waals surface area contributed by atoms with E-state index in [0.717, 1.165) is 23.7 Å². The molecule has 8 aliphatic carbocycles. The van der Waals surface area contributed by atoms with E-state index >= 15 is 0 Å². The molecular weight excluding hydrogens is 374 g/mol.